The van der Waals surface area contributed by atoms with Crippen molar-refractivity contribution in [3.05, 3.63) is 59.5 Å². The smallest absolute Gasteiger partial charge is 0.271 e. The quantitative estimate of drug-likeness (QED) is 0.355. The minimum absolute atomic E-state index is 0.0103. The number of benzene rings is 2. The van der Waals surface area contributed by atoms with E-state index in [1.54, 1.807) is 0 Å². The van der Waals surface area contributed by atoms with Crippen LogP contribution in [-0.4, -0.2) is 17.4 Å². The standard InChI is InChI=1S/C14H7Cl5N2O4/c15-7-3-6(21(23)24)1-2-10(7)25-5-11(22)20-14-12(18)8(16)4-9(17)13(14)19/h1-4H,5H2,(H,20,22). The zero-order valence-corrected chi connectivity index (χ0v) is 15.8. The van der Waals surface area contributed by atoms with E-state index in [1.807, 2.05) is 0 Å². The molecule has 132 valence electrons. The molecule has 0 spiro atoms. The number of carbonyl (C=O) groups is 1. The summed E-state index contributed by atoms with van der Waals surface area (Å²) in [7, 11) is 0. The second kappa shape index (κ2) is 8.29. The molecule has 0 saturated heterocycles. The fraction of sp³-hybridized carbons (Fsp3) is 0.0714. The van der Waals surface area contributed by atoms with Crippen molar-refractivity contribution < 1.29 is 14.5 Å². The minimum atomic E-state index is -0.614. The van der Waals surface area contributed by atoms with Crippen molar-refractivity contribution in [1.29, 1.82) is 0 Å². The van der Waals surface area contributed by atoms with Crippen LogP contribution in [0.3, 0.4) is 0 Å². The van der Waals surface area contributed by atoms with Crippen molar-refractivity contribution in [2.24, 2.45) is 0 Å². The van der Waals surface area contributed by atoms with Gasteiger partial charge in [-0.2, -0.15) is 0 Å². The zero-order valence-electron chi connectivity index (χ0n) is 12.0. The maximum absolute atomic E-state index is 12.0. The summed E-state index contributed by atoms with van der Waals surface area (Å²) >= 11 is 29.6. The van der Waals surface area contributed by atoms with Gasteiger partial charge in [0.25, 0.3) is 11.6 Å². The molecule has 1 N–H and O–H groups in total. The molecule has 6 nitrogen and oxygen atoms in total. The predicted octanol–water partition coefficient (Wildman–Crippen LogP) is 5.88. The Hall–Kier alpha value is -1.44. The summed E-state index contributed by atoms with van der Waals surface area (Å²) in [5, 5.41) is 13.4. The van der Waals surface area contributed by atoms with E-state index < -0.39 is 17.4 Å². The van der Waals surface area contributed by atoms with Gasteiger partial charge in [0.1, 0.15) is 5.75 Å². The molecular weight excluding hydrogens is 437 g/mol. The predicted molar refractivity (Wildman–Crippen MR) is 98.7 cm³/mol. The monoisotopic (exact) mass is 442 g/mol. The number of nitrogens with one attached hydrogen (secondary N) is 1. The van der Waals surface area contributed by atoms with Crippen molar-refractivity contribution in [3.63, 3.8) is 0 Å². The molecule has 11 heteroatoms. The van der Waals surface area contributed by atoms with Gasteiger partial charge < -0.3 is 10.1 Å². The highest BCUT2D eigenvalue weighted by Crippen LogP contribution is 2.41. The topological polar surface area (TPSA) is 81.5 Å². The van der Waals surface area contributed by atoms with Gasteiger partial charge in [-0.3, -0.25) is 14.9 Å². The number of amides is 1. The van der Waals surface area contributed by atoms with Crippen LogP contribution in [0.15, 0.2) is 24.3 Å². The number of anilines is 1. The van der Waals surface area contributed by atoms with Crippen LogP contribution in [0, 0.1) is 10.1 Å². The van der Waals surface area contributed by atoms with Gasteiger partial charge in [-0.25, -0.2) is 0 Å². The van der Waals surface area contributed by atoms with Crippen molar-refractivity contribution in [3.8, 4) is 5.75 Å². The number of carbonyl (C=O) groups excluding carboxylic acids is 1. The van der Waals surface area contributed by atoms with Crippen LogP contribution in [0.4, 0.5) is 11.4 Å². The average Bonchev–Trinajstić information content (AvgIpc) is 2.55. The summed E-state index contributed by atoms with van der Waals surface area (Å²) < 4.78 is 5.23. The Kier molecular flexibility index (Phi) is 6.59. The van der Waals surface area contributed by atoms with Crippen LogP contribution in [0.1, 0.15) is 0 Å². The van der Waals surface area contributed by atoms with E-state index in [-0.39, 0.29) is 42.2 Å². The third kappa shape index (κ3) is 4.80. The molecule has 25 heavy (non-hydrogen) atoms. The van der Waals surface area contributed by atoms with Gasteiger partial charge >= 0.3 is 0 Å². The van der Waals surface area contributed by atoms with Crippen LogP contribution in [-0.2, 0) is 4.79 Å². The first-order valence-electron chi connectivity index (χ1n) is 6.40. The van der Waals surface area contributed by atoms with E-state index in [0.717, 1.165) is 6.07 Å². The first-order chi connectivity index (χ1) is 11.7. The van der Waals surface area contributed by atoms with Crippen LogP contribution in [0.2, 0.25) is 25.1 Å². The first-order valence-corrected chi connectivity index (χ1v) is 8.29. The van der Waals surface area contributed by atoms with Gasteiger partial charge in [-0.15, -0.1) is 0 Å². The SMILES string of the molecule is O=C(COc1ccc([N+](=O)[O-])cc1Cl)Nc1c(Cl)c(Cl)cc(Cl)c1Cl. The van der Waals surface area contributed by atoms with Crippen LogP contribution >= 0.6 is 58.0 Å². The third-order valence-corrected chi connectivity index (χ3v) is 4.73. The second-order valence-electron chi connectivity index (χ2n) is 4.55. The number of rotatable bonds is 5. The first kappa shape index (κ1) is 19.9. The number of nitro benzene ring substituents is 1. The highest BCUT2D eigenvalue weighted by Gasteiger charge is 2.17. The number of hydrogen-bond acceptors (Lipinski definition) is 4. The highest BCUT2D eigenvalue weighted by molar-refractivity contribution is 6.50. The molecule has 0 unspecified atom stereocenters. The van der Waals surface area contributed by atoms with E-state index in [1.165, 1.54) is 18.2 Å². The lowest BCUT2D eigenvalue weighted by Gasteiger charge is -2.12. The third-order valence-electron chi connectivity index (χ3n) is 2.86. The van der Waals surface area contributed by atoms with E-state index >= 15 is 0 Å². The van der Waals surface area contributed by atoms with Gasteiger partial charge in [0, 0.05) is 12.1 Å². The molecule has 1 amide bonds. The van der Waals surface area contributed by atoms with Crippen molar-refractivity contribution in [2.75, 3.05) is 11.9 Å². The number of nitrogens with zero attached hydrogens (tertiary/aromatic N) is 1. The molecule has 0 aliphatic rings. The molecule has 0 heterocycles. The van der Waals surface area contributed by atoms with Crippen LogP contribution < -0.4 is 10.1 Å². The Labute approximate surface area is 166 Å². The van der Waals surface area contributed by atoms with Crippen LogP contribution in [0.5, 0.6) is 5.75 Å². The Morgan fingerprint density at radius 1 is 1.04 bits per heavy atom. The number of nitro groups is 1. The molecule has 0 aliphatic heterocycles. The van der Waals surface area contributed by atoms with E-state index in [2.05, 4.69) is 5.32 Å². The molecule has 0 bridgehead atoms. The molecule has 0 aliphatic carbocycles. The van der Waals surface area contributed by atoms with Crippen molar-refractivity contribution in [2.45, 2.75) is 0 Å². The molecule has 0 radical (unpaired) electrons. The molecule has 0 atom stereocenters. The van der Waals surface area contributed by atoms with Gasteiger partial charge in [-0.05, 0) is 12.1 Å². The Morgan fingerprint density at radius 2 is 1.64 bits per heavy atom. The molecule has 2 rings (SSSR count). The molecule has 0 aromatic heterocycles. The van der Waals surface area contributed by atoms with Crippen LogP contribution in [0.25, 0.3) is 0 Å². The normalized spacial score (nSPS) is 10.4. The number of non-ortho nitro benzene ring substituents is 1. The lowest BCUT2D eigenvalue weighted by Crippen LogP contribution is -2.20. The fourth-order valence-corrected chi connectivity index (χ4v) is 2.86. The Bertz CT molecular complexity index is 833. The highest BCUT2D eigenvalue weighted by atomic mass is 35.5. The molecular formula is C14H7Cl5N2O4. The molecule has 2 aromatic carbocycles. The number of hydrogen-bond donors (Lipinski definition) is 1. The van der Waals surface area contributed by atoms with Gasteiger partial charge in [0.05, 0.1) is 35.7 Å². The van der Waals surface area contributed by atoms with E-state index in [9.17, 15) is 14.9 Å². The Morgan fingerprint density at radius 3 is 2.16 bits per heavy atom. The van der Waals surface area contributed by atoms with Crippen molar-refractivity contribution >= 4 is 75.3 Å². The summed E-state index contributed by atoms with van der Waals surface area (Å²) in [5.41, 5.74) is -0.154. The minimum Gasteiger partial charge on any atom is -0.482 e. The Balaban J connectivity index is 2.09. The molecule has 2 aromatic rings. The average molecular weight is 444 g/mol. The van der Waals surface area contributed by atoms with Gasteiger partial charge in [-0.1, -0.05) is 58.0 Å². The molecule has 0 saturated carbocycles. The van der Waals surface area contributed by atoms with Gasteiger partial charge in [0.15, 0.2) is 6.61 Å². The van der Waals surface area contributed by atoms with Crippen molar-refractivity contribution in [1.82, 2.24) is 0 Å². The van der Waals surface area contributed by atoms with E-state index in [4.69, 9.17) is 62.7 Å². The number of ether oxygens (including phenoxy) is 1. The lowest BCUT2D eigenvalue weighted by molar-refractivity contribution is -0.384. The van der Waals surface area contributed by atoms with E-state index in [0.29, 0.717) is 0 Å². The summed E-state index contributed by atoms with van der Waals surface area (Å²) in [6.07, 6.45) is 0. The largest absolute Gasteiger partial charge is 0.482 e. The zero-order chi connectivity index (χ0) is 18.7. The molecule has 0 fully saturated rings. The summed E-state index contributed by atoms with van der Waals surface area (Å²) in [6, 6.07) is 4.93. The summed E-state index contributed by atoms with van der Waals surface area (Å²) in [5.74, 6) is -0.514. The maximum Gasteiger partial charge on any atom is 0.271 e. The maximum atomic E-state index is 12.0. The van der Waals surface area contributed by atoms with Gasteiger partial charge in [0.2, 0.25) is 0 Å². The number of halogens is 5. The lowest BCUT2D eigenvalue weighted by atomic mass is 10.3. The summed E-state index contributed by atoms with van der Waals surface area (Å²) in [6.45, 7) is -0.450. The summed E-state index contributed by atoms with van der Waals surface area (Å²) in [4.78, 5) is 22.1. The second-order valence-corrected chi connectivity index (χ2v) is 6.53. The fourth-order valence-electron chi connectivity index (χ4n) is 1.72.